The summed E-state index contributed by atoms with van der Waals surface area (Å²) in [7, 11) is 0. The lowest BCUT2D eigenvalue weighted by molar-refractivity contribution is -0.130. The topological polar surface area (TPSA) is 53.9 Å². The molecule has 0 saturated carbocycles. The standard InChI is InChI=1S/C19H21FN4O/c1-12-17(18-10-21-19-9-14(20)3-4-16(18)19)11-22-24(12)15-5-7-23(8-6-15)13(2)25/h3-4,9-11,15,21H,5-8H2,1-2H3. The molecule has 0 atom stereocenters. The van der Waals surface area contributed by atoms with E-state index in [9.17, 15) is 9.18 Å². The predicted octanol–water partition coefficient (Wildman–Crippen LogP) is 3.66. The summed E-state index contributed by atoms with van der Waals surface area (Å²) in [5.41, 5.74) is 4.00. The smallest absolute Gasteiger partial charge is 0.219 e. The molecule has 3 aromatic rings. The molecule has 6 heteroatoms. The molecule has 25 heavy (non-hydrogen) atoms. The quantitative estimate of drug-likeness (QED) is 0.774. The van der Waals surface area contributed by atoms with E-state index in [4.69, 9.17) is 0 Å². The molecule has 5 nitrogen and oxygen atoms in total. The minimum atomic E-state index is -0.245. The number of carbonyl (C=O) groups is 1. The molecule has 1 aliphatic heterocycles. The first-order valence-corrected chi connectivity index (χ1v) is 8.61. The van der Waals surface area contributed by atoms with Crippen LogP contribution in [0.3, 0.4) is 0 Å². The first kappa shape index (κ1) is 15.9. The SMILES string of the molecule is CC(=O)N1CCC(n2ncc(-c3c[nH]c4cc(F)ccc34)c2C)CC1. The Bertz CT molecular complexity index is 934. The Morgan fingerprint density at radius 2 is 2.04 bits per heavy atom. The van der Waals surface area contributed by atoms with E-state index >= 15 is 0 Å². The van der Waals surface area contributed by atoms with Crippen LogP contribution in [0.15, 0.2) is 30.6 Å². The molecule has 1 saturated heterocycles. The predicted molar refractivity (Wildman–Crippen MR) is 94.7 cm³/mol. The van der Waals surface area contributed by atoms with Crippen molar-refractivity contribution in [2.45, 2.75) is 32.7 Å². The molecule has 130 valence electrons. The zero-order valence-corrected chi connectivity index (χ0v) is 14.4. The molecule has 4 rings (SSSR count). The van der Waals surface area contributed by atoms with Crippen LogP contribution in [0.4, 0.5) is 4.39 Å². The van der Waals surface area contributed by atoms with Crippen molar-refractivity contribution >= 4 is 16.8 Å². The fourth-order valence-corrected chi connectivity index (χ4v) is 3.80. The van der Waals surface area contributed by atoms with Gasteiger partial charge >= 0.3 is 0 Å². The summed E-state index contributed by atoms with van der Waals surface area (Å²) in [6.45, 7) is 5.25. The number of aromatic amines is 1. The second kappa shape index (κ2) is 6.02. The third-order valence-electron chi connectivity index (χ3n) is 5.23. The van der Waals surface area contributed by atoms with E-state index in [-0.39, 0.29) is 11.7 Å². The van der Waals surface area contributed by atoms with Crippen molar-refractivity contribution in [2.24, 2.45) is 0 Å². The van der Waals surface area contributed by atoms with E-state index in [1.165, 1.54) is 12.1 Å². The first-order chi connectivity index (χ1) is 12.0. The number of benzene rings is 1. The molecule has 0 bridgehead atoms. The third kappa shape index (κ3) is 2.71. The Morgan fingerprint density at radius 3 is 2.76 bits per heavy atom. The lowest BCUT2D eigenvalue weighted by atomic mass is 10.0. The number of carbonyl (C=O) groups excluding carboxylic acids is 1. The largest absolute Gasteiger partial charge is 0.360 e. The van der Waals surface area contributed by atoms with Gasteiger partial charge in [0.25, 0.3) is 0 Å². The lowest BCUT2D eigenvalue weighted by Gasteiger charge is -2.32. The fourth-order valence-electron chi connectivity index (χ4n) is 3.80. The number of piperidine rings is 1. The van der Waals surface area contributed by atoms with Gasteiger partial charge < -0.3 is 9.88 Å². The average Bonchev–Trinajstić information content (AvgIpc) is 3.17. The third-order valence-corrected chi connectivity index (χ3v) is 5.23. The Kier molecular flexibility index (Phi) is 3.82. The highest BCUT2D eigenvalue weighted by Gasteiger charge is 2.24. The van der Waals surface area contributed by atoms with Crippen LogP contribution < -0.4 is 0 Å². The number of halogens is 1. The van der Waals surface area contributed by atoms with Crippen LogP contribution in [-0.4, -0.2) is 38.7 Å². The van der Waals surface area contributed by atoms with Gasteiger partial charge in [-0.25, -0.2) is 4.39 Å². The maximum absolute atomic E-state index is 13.4. The van der Waals surface area contributed by atoms with Crippen LogP contribution in [0.25, 0.3) is 22.0 Å². The summed E-state index contributed by atoms with van der Waals surface area (Å²) >= 11 is 0. The highest BCUT2D eigenvalue weighted by atomic mass is 19.1. The highest BCUT2D eigenvalue weighted by molar-refractivity contribution is 5.95. The highest BCUT2D eigenvalue weighted by Crippen LogP contribution is 2.33. The summed E-state index contributed by atoms with van der Waals surface area (Å²) in [6, 6.07) is 5.11. The van der Waals surface area contributed by atoms with Crippen molar-refractivity contribution in [3.8, 4) is 11.1 Å². The summed E-state index contributed by atoms with van der Waals surface area (Å²) in [5.74, 6) is -0.104. The van der Waals surface area contributed by atoms with Crippen molar-refractivity contribution in [3.05, 3.63) is 42.1 Å². The molecule has 3 heterocycles. The van der Waals surface area contributed by atoms with Gasteiger partial charge in [0.05, 0.1) is 12.2 Å². The molecule has 0 aliphatic carbocycles. The molecule has 1 fully saturated rings. The Hall–Kier alpha value is -2.63. The number of H-pyrrole nitrogens is 1. The molecular formula is C19H21FN4O. The van der Waals surface area contributed by atoms with E-state index < -0.39 is 0 Å². The average molecular weight is 340 g/mol. The molecule has 2 aromatic heterocycles. The van der Waals surface area contributed by atoms with Crippen molar-refractivity contribution in [1.29, 1.82) is 0 Å². The van der Waals surface area contributed by atoms with E-state index in [1.54, 1.807) is 13.0 Å². The number of aromatic nitrogens is 3. The van der Waals surface area contributed by atoms with Crippen LogP contribution in [0.5, 0.6) is 0 Å². The number of nitrogens with one attached hydrogen (secondary N) is 1. The Balaban J connectivity index is 1.64. The van der Waals surface area contributed by atoms with Crippen LogP contribution in [0.1, 0.15) is 31.5 Å². The fraction of sp³-hybridized carbons (Fsp3) is 0.368. The molecule has 0 radical (unpaired) electrons. The minimum absolute atomic E-state index is 0.141. The van der Waals surface area contributed by atoms with E-state index in [0.717, 1.165) is 53.7 Å². The lowest BCUT2D eigenvalue weighted by Crippen LogP contribution is -2.38. The van der Waals surface area contributed by atoms with Crippen molar-refractivity contribution in [3.63, 3.8) is 0 Å². The number of rotatable bonds is 2. The van der Waals surface area contributed by atoms with Gasteiger partial charge in [0, 0.05) is 53.9 Å². The molecule has 1 N–H and O–H groups in total. The van der Waals surface area contributed by atoms with Gasteiger partial charge in [-0.1, -0.05) is 0 Å². The van der Waals surface area contributed by atoms with Gasteiger partial charge in [-0.15, -0.1) is 0 Å². The van der Waals surface area contributed by atoms with Crippen LogP contribution >= 0.6 is 0 Å². The Labute approximate surface area is 145 Å². The number of hydrogen-bond acceptors (Lipinski definition) is 2. The van der Waals surface area contributed by atoms with Crippen molar-refractivity contribution < 1.29 is 9.18 Å². The van der Waals surface area contributed by atoms with Gasteiger partial charge in [0.2, 0.25) is 5.91 Å². The molecule has 0 spiro atoms. The van der Waals surface area contributed by atoms with Crippen LogP contribution in [-0.2, 0) is 4.79 Å². The Morgan fingerprint density at radius 1 is 1.28 bits per heavy atom. The molecule has 1 aromatic carbocycles. The van der Waals surface area contributed by atoms with Gasteiger partial charge in [0.15, 0.2) is 0 Å². The number of nitrogens with zero attached hydrogens (tertiary/aromatic N) is 3. The number of likely N-dealkylation sites (tertiary alicyclic amines) is 1. The summed E-state index contributed by atoms with van der Waals surface area (Å²) in [5, 5.41) is 5.61. The maximum Gasteiger partial charge on any atom is 0.219 e. The summed E-state index contributed by atoms with van der Waals surface area (Å²) < 4.78 is 15.5. The van der Waals surface area contributed by atoms with Gasteiger partial charge in [0.1, 0.15) is 5.82 Å². The van der Waals surface area contributed by atoms with Gasteiger partial charge in [-0.3, -0.25) is 9.48 Å². The van der Waals surface area contributed by atoms with Crippen LogP contribution in [0.2, 0.25) is 0 Å². The van der Waals surface area contributed by atoms with E-state index in [2.05, 4.69) is 21.7 Å². The van der Waals surface area contributed by atoms with Crippen LogP contribution in [0, 0.1) is 12.7 Å². The number of amides is 1. The summed E-state index contributed by atoms with van der Waals surface area (Å²) in [4.78, 5) is 16.5. The first-order valence-electron chi connectivity index (χ1n) is 8.61. The second-order valence-corrected chi connectivity index (χ2v) is 6.72. The number of hydrogen-bond donors (Lipinski definition) is 1. The maximum atomic E-state index is 13.4. The summed E-state index contributed by atoms with van der Waals surface area (Å²) in [6.07, 6.45) is 5.64. The number of fused-ring (bicyclic) bond motifs is 1. The van der Waals surface area contributed by atoms with Crippen molar-refractivity contribution in [2.75, 3.05) is 13.1 Å². The molecule has 0 unspecified atom stereocenters. The zero-order chi connectivity index (χ0) is 17.6. The normalized spacial score (nSPS) is 15.9. The molecular weight excluding hydrogens is 319 g/mol. The zero-order valence-electron chi connectivity index (χ0n) is 14.4. The van der Waals surface area contributed by atoms with Gasteiger partial charge in [-0.05, 0) is 38.0 Å². The van der Waals surface area contributed by atoms with Gasteiger partial charge in [-0.2, -0.15) is 5.10 Å². The minimum Gasteiger partial charge on any atom is -0.360 e. The molecule has 1 aliphatic rings. The monoisotopic (exact) mass is 340 g/mol. The van der Waals surface area contributed by atoms with Crippen molar-refractivity contribution in [1.82, 2.24) is 19.7 Å². The molecule has 1 amide bonds. The van der Waals surface area contributed by atoms with E-state index in [0.29, 0.717) is 6.04 Å². The second-order valence-electron chi connectivity index (χ2n) is 6.72. The van der Waals surface area contributed by atoms with E-state index in [1.807, 2.05) is 17.3 Å².